The zero-order valence-corrected chi connectivity index (χ0v) is 41.5. The van der Waals surface area contributed by atoms with Crippen LogP contribution in [0, 0.1) is 0 Å². The third-order valence-corrected chi connectivity index (χ3v) is 29.9. The van der Waals surface area contributed by atoms with Crippen molar-refractivity contribution in [2.24, 2.45) is 0 Å². The van der Waals surface area contributed by atoms with Crippen LogP contribution in [-0.4, -0.2) is 4.21 Å². The Morgan fingerprint density at radius 1 is 0.550 bits per heavy atom. The number of benzene rings is 6. The maximum absolute atomic E-state index is 6.02. The summed E-state index contributed by atoms with van der Waals surface area (Å²) in [6.45, 7) is 23.6. The van der Waals surface area contributed by atoms with Crippen molar-refractivity contribution in [3.05, 3.63) is 182 Å². The normalized spacial score (nSPS) is 13.8. The van der Waals surface area contributed by atoms with Gasteiger partial charge in [-0.1, -0.05) is 0 Å². The van der Waals surface area contributed by atoms with Gasteiger partial charge in [-0.05, 0) is 0 Å². The first kappa shape index (κ1) is 45.7. The van der Waals surface area contributed by atoms with E-state index in [1.165, 1.54) is 79.9 Å². The number of rotatable bonds is 8. The molecular weight excluding hydrogens is 847 g/mol. The Kier molecular flexibility index (Phi) is 12.8. The SMILES string of the molecule is Cl.Cl.[CH2]=[Zr]([C]1=CC=CC1)([c]1ccc(C(C)C)cc1)([c]1ccc(C(C)C)cc1)[c]1c2c(cc(C(C)(C)C)c1-c1ccccc1)-c1cc(C(C)(C)C)c(-c3ccccc3)cc1C2. The molecule has 0 fully saturated rings. The van der Waals surface area contributed by atoms with Crippen LogP contribution in [0.5, 0.6) is 0 Å². The van der Waals surface area contributed by atoms with Crippen LogP contribution in [0.1, 0.15) is 121 Å². The summed E-state index contributed by atoms with van der Waals surface area (Å²) in [6, 6.07) is 49.8. The van der Waals surface area contributed by atoms with Crippen molar-refractivity contribution in [2.45, 2.75) is 105 Å². The average Bonchev–Trinajstić information content (AvgIpc) is 3.89. The van der Waals surface area contributed by atoms with Crippen LogP contribution >= 0.6 is 24.8 Å². The summed E-state index contributed by atoms with van der Waals surface area (Å²) >= 11 is -5.23. The Morgan fingerprint density at radius 3 is 1.48 bits per heavy atom. The van der Waals surface area contributed by atoms with E-state index in [0.29, 0.717) is 11.8 Å². The second-order valence-electron chi connectivity index (χ2n) is 20.0. The van der Waals surface area contributed by atoms with Crippen LogP contribution in [0.4, 0.5) is 0 Å². The molecule has 2 aliphatic rings. The zero-order valence-electron chi connectivity index (χ0n) is 37.4. The summed E-state index contributed by atoms with van der Waals surface area (Å²) < 4.78 is 11.9. The van der Waals surface area contributed by atoms with Gasteiger partial charge in [-0.3, -0.25) is 0 Å². The first-order valence-electron chi connectivity index (χ1n) is 21.6. The predicted molar refractivity (Wildman–Crippen MR) is 266 cm³/mol. The van der Waals surface area contributed by atoms with Crippen molar-refractivity contribution in [1.29, 1.82) is 0 Å². The summed E-state index contributed by atoms with van der Waals surface area (Å²) in [4.78, 5) is 0. The molecule has 0 saturated heterocycles. The van der Waals surface area contributed by atoms with Gasteiger partial charge in [0, 0.05) is 0 Å². The number of fused-ring (bicyclic) bond motifs is 3. The first-order valence-corrected chi connectivity index (χ1v) is 28.3. The quantitative estimate of drug-likeness (QED) is 0.143. The Balaban J connectivity index is 0.00000302. The van der Waals surface area contributed by atoms with Crippen LogP contribution in [0.3, 0.4) is 0 Å². The summed E-state index contributed by atoms with van der Waals surface area (Å²) in [7, 11) is 0. The van der Waals surface area contributed by atoms with E-state index >= 15 is 0 Å². The maximum atomic E-state index is 6.02. The molecule has 0 spiro atoms. The van der Waals surface area contributed by atoms with Crippen LogP contribution in [0.2, 0.25) is 0 Å². The molecule has 0 heterocycles. The van der Waals surface area contributed by atoms with Crippen LogP contribution in [-0.2, 0) is 35.5 Å². The fourth-order valence-corrected chi connectivity index (χ4v) is 26.3. The molecule has 0 N–H and O–H groups in total. The van der Waals surface area contributed by atoms with Gasteiger partial charge in [0.2, 0.25) is 0 Å². The average molecular weight is 911 g/mol. The Hall–Kier alpha value is -3.87. The van der Waals surface area contributed by atoms with Gasteiger partial charge in [0.25, 0.3) is 0 Å². The summed E-state index contributed by atoms with van der Waals surface area (Å²) in [5.41, 5.74) is 16.3. The molecule has 60 heavy (non-hydrogen) atoms. The van der Waals surface area contributed by atoms with E-state index in [4.69, 9.17) is 4.21 Å². The number of hydrogen-bond donors (Lipinski definition) is 0. The molecule has 0 aliphatic heterocycles. The van der Waals surface area contributed by atoms with Crippen LogP contribution in [0.25, 0.3) is 33.4 Å². The van der Waals surface area contributed by atoms with Gasteiger partial charge >= 0.3 is 353 Å². The molecule has 6 aromatic carbocycles. The van der Waals surface area contributed by atoms with E-state index in [1.807, 2.05) is 0 Å². The minimum absolute atomic E-state index is 0. The van der Waals surface area contributed by atoms with Gasteiger partial charge in [-0.15, -0.1) is 24.8 Å². The van der Waals surface area contributed by atoms with Crippen molar-refractivity contribution in [3.8, 4) is 33.4 Å². The number of allylic oxidation sites excluding steroid dienone is 4. The molecule has 8 rings (SSSR count). The molecule has 0 bridgehead atoms. The van der Waals surface area contributed by atoms with Gasteiger partial charge in [-0.2, -0.15) is 0 Å². The summed E-state index contributed by atoms with van der Waals surface area (Å²) in [5, 5.41) is 0. The Labute approximate surface area is 374 Å². The molecule has 0 aromatic heterocycles. The van der Waals surface area contributed by atoms with E-state index in [9.17, 15) is 0 Å². The molecule has 310 valence electrons. The Morgan fingerprint density at radius 2 is 1.03 bits per heavy atom. The molecule has 0 amide bonds. The van der Waals surface area contributed by atoms with Crippen LogP contribution < -0.4 is 9.81 Å². The van der Waals surface area contributed by atoms with Gasteiger partial charge in [0.05, 0.1) is 0 Å². The number of halogens is 2. The van der Waals surface area contributed by atoms with E-state index in [2.05, 4.69) is 215 Å². The van der Waals surface area contributed by atoms with Crippen molar-refractivity contribution >= 4 is 38.8 Å². The third kappa shape index (κ3) is 7.46. The van der Waals surface area contributed by atoms with Gasteiger partial charge in [-0.25, -0.2) is 0 Å². The van der Waals surface area contributed by atoms with E-state index in [0.717, 1.165) is 12.8 Å². The second kappa shape index (κ2) is 16.8. The second-order valence-corrected chi connectivity index (χ2v) is 32.8. The summed E-state index contributed by atoms with van der Waals surface area (Å²) in [5.74, 6) is 0.881. The summed E-state index contributed by atoms with van der Waals surface area (Å²) in [6.07, 6.45) is 8.96. The van der Waals surface area contributed by atoms with E-state index < -0.39 is 18.3 Å². The molecule has 0 unspecified atom stereocenters. The standard InChI is InChI=1S/C33H33.2C9H11.C5H5.CH2.2ClH.Zr/c1-32(2,3)30-20-26-24(18-28(30)22-13-9-7-10-14-22)17-25-19-29(23-15-11-8-12-16-23)31(21-27(25)26)33(4,5)6;2*1-8(2)9-6-4-3-5-7-9;1-2-4-5-3-1;;;;/h7-16,18,20-21H,17H2,1-6H3;2*4-8H,1-2H3;1-3H,4H2;1H2;2*1H;. The molecule has 0 saturated carbocycles. The third-order valence-electron chi connectivity index (χ3n) is 13.6. The fourth-order valence-electron chi connectivity index (χ4n) is 10.3. The number of hydrogen-bond acceptors (Lipinski definition) is 0. The van der Waals surface area contributed by atoms with Crippen LogP contribution in [0.15, 0.2) is 149 Å². The molecule has 0 radical (unpaired) electrons. The van der Waals surface area contributed by atoms with Crippen molar-refractivity contribution in [3.63, 3.8) is 0 Å². The zero-order chi connectivity index (χ0) is 41.2. The first-order chi connectivity index (χ1) is 27.5. The molecule has 6 aromatic rings. The monoisotopic (exact) mass is 908 g/mol. The predicted octanol–water partition coefficient (Wildman–Crippen LogP) is 14.5. The topological polar surface area (TPSA) is 0 Å². The molecule has 0 atom stereocenters. The Bertz CT molecular complexity index is 2590. The van der Waals surface area contributed by atoms with Crippen molar-refractivity contribution in [1.82, 2.24) is 0 Å². The van der Waals surface area contributed by atoms with Gasteiger partial charge in [0.15, 0.2) is 0 Å². The molecule has 3 heteroatoms. The fraction of sp³-hybridized carbons (Fsp3) is 0.281. The van der Waals surface area contributed by atoms with Gasteiger partial charge in [0.1, 0.15) is 0 Å². The van der Waals surface area contributed by atoms with Crippen molar-refractivity contribution in [2.75, 3.05) is 0 Å². The molecule has 2 aliphatic carbocycles. The van der Waals surface area contributed by atoms with Crippen molar-refractivity contribution < 1.29 is 18.3 Å². The van der Waals surface area contributed by atoms with E-state index in [-0.39, 0.29) is 35.6 Å². The molecule has 0 nitrogen and oxygen atoms in total. The van der Waals surface area contributed by atoms with E-state index in [1.54, 1.807) is 0 Å². The minimum atomic E-state index is -5.23. The van der Waals surface area contributed by atoms with Gasteiger partial charge < -0.3 is 0 Å². The molecular formula is C57H64Cl2Zr.